The number of rotatable bonds is 2. The molecule has 3 heterocycles. The zero-order chi connectivity index (χ0) is 40.0. The average Bonchev–Trinajstić information content (AvgIpc) is 3.47. The third-order valence-electron chi connectivity index (χ3n) is 13.5. The minimum Gasteiger partial charge on any atom is -0.311 e. The molecule has 286 valence electrons. The highest BCUT2D eigenvalue weighted by Gasteiger charge is 2.48. The Hall–Kier alpha value is -4.28. The fourth-order valence-corrected chi connectivity index (χ4v) is 11.6. The Morgan fingerprint density at radius 1 is 0.571 bits per heavy atom. The maximum Gasteiger partial charge on any atom is 0.264 e. The van der Waals surface area contributed by atoms with E-state index >= 15 is 0 Å². The first-order valence-corrected chi connectivity index (χ1v) is 21.7. The number of thiophene rings is 1. The molecule has 2 aliphatic heterocycles. The SMILES string of the molecule is Cc1cc2c3c(c1)N(c1ccc(C(C)(C)C)cc1)c1c(sc4cc(C)ccc14)B3c1cc3c(cc1N2c1c(C)cc(C(C)(C)C)cc1C)C(C)(C)CCC3(C)C. The van der Waals surface area contributed by atoms with Gasteiger partial charge in [0.1, 0.15) is 0 Å². The topological polar surface area (TPSA) is 6.48 Å². The van der Waals surface area contributed by atoms with Gasteiger partial charge in [0.15, 0.2) is 0 Å². The fraction of sp³-hybridized carbons (Fsp3) is 0.385. The van der Waals surface area contributed by atoms with Gasteiger partial charge in [-0.05, 0) is 154 Å². The van der Waals surface area contributed by atoms with E-state index in [2.05, 4.69) is 186 Å². The molecule has 4 heteroatoms. The van der Waals surface area contributed by atoms with E-state index in [1.807, 2.05) is 11.3 Å². The van der Waals surface area contributed by atoms with Crippen molar-refractivity contribution in [3.8, 4) is 0 Å². The number of fused-ring (bicyclic) bond motifs is 7. The number of anilines is 6. The monoisotopic (exact) mass is 754 g/mol. The summed E-state index contributed by atoms with van der Waals surface area (Å²) in [5, 5.41) is 1.34. The van der Waals surface area contributed by atoms with E-state index in [0.717, 1.165) is 0 Å². The standard InChI is InChI=1S/C52H59BN2S/c1-30-15-20-37-44(25-30)56-48-47(37)54(36-18-16-34(17-19-36)49(5,6)7)42-23-31(2)24-43-45(42)53(48)40-28-38-39(52(13,14)22-21-51(38,11)12)29-41(40)55(43)46-32(3)26-35(27-33(46)4)50(8,9)10/h15-20,23-29H,21-22H2,1-14H3. The van der Waals surface area contributed by atoms with Crippen molar-refractivity contribution >= 4 is 78.0 Å². The number of hydrogen-bond donors (Lipinski definition) is 0. The lowest BCUT2D eigenvalue weighted by Gasteiger charge is -2.47. The highest BCUT2D eigenvalue weighted by molar-refractivity contribution is 7.33. The van der Waals surface area contributed by atoms with Crippen LogP contribution in [0.2, 0.25) is 0 Å². The van der Waals surface area contributed by atoms with Crippen molar-refractivity contribution in [2.45, 2.75) is 131 Å². The third-order valence-corrected chi connectivity index (χ3v) is 14.7. The Bertz CT molecular complexity index is 2580. The van der Waals surface area contributed by atoms with Crippen LogP contribution in [0.25, 0.3) is 10.1 Å². The molecule has 1 aromatic heterocycles. The molecule has 1 aliphatic carbocycles. The molecule has 0 saturated heterocycles. The van der Waals surface area contributed by atoms with Gasteiger partial charge in [0.05, 0.1) is 11.4 Å². The van der Waals surface area contributed by atoms with Crippen molar-refractivity contribution in [1.82, 2.24) is 0 Å². The van der Waals surface area contributed by atoms with Crippen LogP contribution < -0.4 is 25.5 Å². The second-order valence-corrected chi connectivity index (χ2v) is 21.9. The van der Waals surface area contributed by atoms with Crippen LogP contribution >= 0.6 is 11.3 Å². The van der Waals surface area contributed by atoms with Gasteiger partial charge in [0.2, 0.25) is 0 Å². The first-order valence-electron chi connectivity index (χ1n) is 20.8. The summed E-state index contributed by atoms with van der Waals surface area (Å²) >= 11 is 2.01. The molecule has 0 bridgehead atoms. The maximum atomic E-state index is 2.69. The summed E-state index contributed by atoms with van der Waals surface area (Å²) in [6, 6.07) is 31.7. The van der Waals surface area contributed by atoms with Crippen LogP contribution in [-0.4, -0.2) is 6.71 Å². The highest BCUT2D eigenvalue weighted by atomic mass is 32.1. The first kappa shape index (κ1) is 37.3. The van der Waals surface area contributed by atoms with Crippen LogP contribution in [0.4, 0.5) is 34.1 Å². The van der Waals surface area contributed by atoms with E-state index in [1.54, 1.807) is 0 Å². The largest absolute Gasteiger partial charge is 0.311 e. The molecular formula is C52H59BN2S. The van der Waals surface area contributed by atoms with Crippen LogP contribution in [0, 0.1) is 27.7 Å². The number of benzene rings is 5. The number of aryl methyl sites for hydroxylation is 4. The molecule has 0 N–H and O–H groups in total. The normalized spacial score (nSPS) is 16.8. The van der Waals surface area contributed by atoms with E-state index in [1.165, 1.54) is 117 Å². The Labute approximate surface area is 341 Å². The van der Waals surface area contributed by atoms with Crippen molar-refractivity contribution in [2.75, 3.05) is 9.80 Å². The van der Waals surface area contributed by atoms with Crippen LogP contribution in [0.3, 0.4) is 0 Å². The lowest BCUT2D eigenvalue weighted by Crippen LogP contribution is -2.61. The highest BCUT2D eigenvalue weighted by Crippen LogP contribution is 2.52. The third kappa shape index (κ3) is 5.56. The predicted octanol–water partition coefficient (Wildman–Crippen LogP) is 13.2. The van der Waals surface area contributed by atoms with E-state index in [9.17, 15) is 0 Å². The minimum absolute atomic E-state index is 0.0646. The van der Waals surface area contributed by atoms with E-state index < -0.39 is 0 Å². The summed E-state index contributed by atoms with van der Waals surface area (Å²) in [6.45, 7) is 33.2. The summed E-state index contributed by atoms with van der Waals surface area (Å²) < 4.78 is 2.82. The van der Waals surface area contributed by atoms with Crippen molar-refractivity contribution < 1.29 is 0 Å². The van der Waals surface area contributed by atoms with Crippen molar-refractivity contribution in [1.29, 1.82) is 0 Å². The Balaban J connectivity index is 1.42. The van der Waals surface area contributed by atoms with Crippen LogP contribution in [-0.2, 0) is 21.7 Å². The van der Waals surface area contributed by atoms with Crippen molar-refractivity contribution in [2.24, 2.45) is 0 Å². The Kier molecular flexibility index (Phi) is 8.08. The van der Waals surface area contributed by atoms with Crippen molar-refractivity contribution in [3.63, 3.8) is 0 Å². The quantitative estimate of drug-likeness (QED) is 0.162. The molecule has 6 aromatic rings. The summed E-state index contributed by atoms with van der Waals surface area (Å²) in [5.41, 5.74) is 22.1. The molecule has 2 nitrogen and oxygen atoms in total. The second kappa shape index (κ2) is 12.1. The van der Waals surface area contributed by atoms with Gasteiger partial charge in [-0.15, -0.1) is 11.3 Å². The minimum atomic E-state index is 0.0646. The Morgan fingerprint density at radius 3 is 1.73 bits per heavy atom. The van der Waals surface area contributed by atoms with E-state index in [-0.39, 0.29) is 28.4 Å². The molecule has 0 spiro atoms. The van der Waals surface area contributed by atoms with Gasteiger partial charge in [-0.1, -0.05) is 112 Å². The van der Waals surface area contributed by atoms with E-state index in [4.69, 9.17) is 0 Å². The molecule has 3 aliphatic rings. The zero-order valence-corrected chi connectivity index (χ0v) is 37.1. The molecular weight excluding hydrogens is 695 g/mol. The van der Waals surface area contributed by atoms with Gasteiger partial charge in [0, 0.05) is 37.6 Å². The van der Waals surface area contributed by atoms with Gasteiger partial charge in [-0.25, -0.2) is 0 Å². The molecule has 0 saturated carbocycles. The predicted molar refractivity (Wildman–Crippen MR) is 247 cm³/mol. The maximum absolute atomic E-state index is 2.69. The summed E-state index contributed by atoms with van der Waals surface area (Å²) in [6.07, 6.45) is 2.38. The van der Waals surface area contributed by atoms with Gasteiger partial charge in [0.25, 0.3) is 6.71 Å². The fourth-order valence-electron chi connectivity index (χ4n) is 10.1. The molecule has 9 rings (SSSR count). The molecule has 5 aromatic carbocycles. The molecule has 0 radical (unpaired) electrons. The van der Waals surface area contributed by atoms with E-state index in [0.29, 0.717) is 0 Å². The average molecular weight is 755 g/mol. The van der Waals surface area contributed by atoms with Gasteiger partial charge < -0.3 is 9.80 Å². The van der Waals surface area contributed by atoms with Crippen LogP contribution in [0.5, 0.6) is 0 Å². The molecule has 0 atom stereocenters. The summed E-state index contributed by atoms with van der Waals surface area (Å²) in [7, 11) is 0. The second-order valence-electron chi connectivity index (χ2n) is 20.9. The van der Waals surface area contributed by atoms with Crippen LogP contribution in [0.15, 0.2) is 78.9 Å². The zero-order valence-electron chi connectivity index (χ0n) is 36.3. The van der Waals surface area contributed by atoms with Gasteiger partial charge in [-0.2, -0.15) is 0 Å². The smallest absolute Gasteiger partial charge is 0.264 e. The van der Waals surface area contributed by atoms with Crippen molar-refractivity contribution in [3.05, 3.63) is 123 Å². The first-order chi connectivity index (χ1) is 26.2. The summed E-state index contributed by atoms with van der Waals surface area (Å²) in [4.78, 5) is 5.31. The summed E-state index contributed by atoms with van der Waals surface area (Å²) in [5.74, 6) is 0. The molecule has 56 heavy (non-hydrogen) atoms. The van der Waals surface area contributed by atoms with Gasteiger partial charge in [-0.3, -0.25) is 0 Å². The molecule has 0 unspecified atom stereocenters. The van der Waals surface area contributed by atoms with Crippen LogP contribution in [0.1, 0.15) is 127 Å². The number of nitrogens with zero attached hydrogens (tertiary/aromatic N) is 2. The lowest BCUT2D eigenvalue weighted by atomic mass is 9.35. The molecule has 0 amide bonds. The Morgan fingerprint density at radius 2 is 1.14 bits per heavy atom. The lowest BCUT2D eigenvalue weighted by molar-refractivity contribution is 0.332. The molecule has 0 fully saturated rings. The van der Waals surface area contributed by atoms with Gasteiger partial charge >= 0.3 is 0 Å². The number of hydrogen-bond acceptors (Lipinski definition) is 3.